The molecular formula is C15H25NO2S. The van der Waals surface area contributed by atoms with Gasteiger partial charge in [-0.05, 0) is 31.8 Å². The van der Waals surface area contributed by atoms with E-state index in [0.717, 1.165) is 23.1 Å². The Morgan fingerprint density at radius 3 is 2.68 bits per heavy atom. The third kappa shape index (κ3) is 4.05. The Hall–Kier alpha value is -1.38. The molecule has 0 saturated heterocycles. The van der Waals surface area contributed by atoms with Gasteiger partial charge in [0.1, 0.15) is 17.1 Å². The highest BCUT2D eigenvalue weighted by Crippen LogP contribution is 2.55. The number of rotatable bonds is 4. The number of hydrogen-bond acceptors (Lipinski definition) is 3. The SMILES string of the molecule is C=C=S(C)(C)(C)C1=CCC(OC)=CC(NCC)=CO1. The Balaban J connectivity index is 3.23. The fraction of sp³-hybridized carbons (Fsp3) is 0.467. The molecule has 0 saturated carbocycles. The number of nitrogens with one attached hydrogen (secondary N) is 1. The minimum absolute atomic E-state index is 0.706. The molecule has 0 spiro atoms. The van der Waals surface area contributed by atoms with E-state index >= 15 is 0 Å². The molecule has 0 fully saturated rings. The molecule has 0 radical (unpaired) electrons. The quantitative estimate of drug-likeness (QED) is 0.804. The zero-order valence-corrected chi connectivity index (χ0v) is 13.4. The highest BCUT2D eigenvalue weighted by atomic mass is 32.3. The molecule has 1 heterocycles. The largest absolute Gasteiger partial charge is 0.501 e. The van der Waals surface area contributed by atoms with E-state index in [-0.39, 0.29) is 0 Å². The molecule has 3 nitrogen and oxygen atoms in total. The van der Waals surface area contributed by atoms with Crippen LogP contribution in [0.1, 0.15) is 13.3 Å². The third-order valence-corrected chi connectivity index (χ3v) is 5.62. The Kier molecular flexibility index (Phi) is 4.72. The molecule has 108 valence electrons. The van der Waals surface area contributed by atoms with Crippen molar-refractivity contribution in [3.63, 3.8) is 0 Å². The number of ether oxygens (including phenoxy) is 2. The van der Waals surface area contributed by atoms with Crippen LogP contribution in [0.2, 0.25) is 0 Å². The molecule has 1 rings (SSSR count). The highest BCUT2D eigenvalue weighted by molar-refractivity contribution is 8.48. The van der Waals surface area contributed by atoms with Crippen LogP contribution in [0.15, 0.2) is 41.5 Å². The van der Waals surface area contributed by atoms with Crippen LogP contribution in [0.25, 0.3) is 0 Å². The van der Waals surface area contributed by atoms with E-state index in [9.17, 15) is 0 Å². The fourth-order valence-electron chi connectivity index (χ4n) is 1.59. The summed E-state index contributed by atoms with van der Waals surface area (Å²) >= 11 is 0. The van der Waals surface area contributed by atoms with E-state index in [2.05, 4.69) is 41.8 Å². The number of methoxy groups -OCH3 is 1. The summed E-state index contributed by atoms with van der Waals surface area (Å²) in [5.74, 6) is 0.903. The molecule has 1 aliphatic rings. The van der Waals surface area contributed by atoms with Gasteiger partial charge >= 0.3 is 0 Å². The molecule has 0 aromatic heterocycles. The van der Waals surface area contributed by atoms with Crippen LogP contribution in [0.5, 0.6) is 0 Å². The van der Waals surface area contributed by atoms with Gasteiger partial charge in [-0.15, -0.1) is 5.02 Å². The zero-order valence-electron chi connectivity index (χ0n) is 12.6. The first-order chi connectivity index (χ1) is 8.80. The van der Waals surface area contributed by atoms with Gasteiger partial charge in [0, 0.05) is 19.0 Å². The van der Waals surface area contributed by atoms with Gasteiger partial charge in [0.25, 0.3) is 0 Å². The predicted octanol–water partition coefficient (Wildman–Crippen LogP) is 3.05. The van der Waals surface area contributed by atoms with Crippen molar-refractivity contribution < 1.29 is 9.47 Å². The summed E-state index contributed by atoms with van der Waals surface area (Å²) in [7, 11) is -0.329. The van der Waals surface area contributed by atoms with Crippen LogP contribution in [-0.2, 0) is 9.47 Å². The summed E-state index contributed by atoms with van der Waals surface area (Å²) in [5, 5.41) is 7.34. The summed E-state index contributed by atoms with van der Waals surface area (Å²) in [6.45, 7) is 6.73. The van der Waals surface area contributed by atoms with Crippen LogP contribution in [0.3, 0.4) is 0 Å². The molecule has 0 amide bonds. The molecule has 1 aliphatic heterocycles. The molecule has 4 heteroatoms. The lowest BCUT2D eigenvalue weighted by molar-refractivity contribution is 0.281. The molecule has 19 heavy (non-hydrogen) atoms. The van der Waals surface area contributed by atoms with Crippen molar-refractivity contribution in [2.24, 2.45) is 0 Å². The molecule has 1 N–H and O–H groups in total. The van der Waals surface area contributed by atoms with Crippen molar-refractivity contribution in [1.82, 2.24) is 5.32 Å². The van der Waals surface area contributed by atoms with Crippen LogP contribution >= 0.6 is 8.75 Å². The Bertz CT molecular complexity index is 517. The van der Waals surface area contributed by atoms with Gasteiger partial charge in [0.15, 0.2) is 0 Å². The molecule has 0 aliphatic carbocycles. The summed E-state index contributed by atoms with van der Waals surface area (Å²) in [5.41, 5.74) is 0.914. The van der Waals surface area contributed by atoms with Crippen LogP contribution in [-0.4, -0.2) is 37.4 Å². The van der Waals surface area contributed by atoms with Crippen LogP contribution < -0.4 is 5.32 Å². The Labute approximate surface area is 116 Å². The van der Waals surface area contributed by atoms with Gasteiger partial charge in [-0.25, -0.2) is 0 Å². The zero-order chi connectivity index (χ0) is 14.5. The summed E-state index contributed by atoms with van der Waals surface area (Å²) < 4.78 is 11.3. The lowest BCUT2D eigenvalue weighted by Crippen LogP contribution is -2.14. The number of hydrogen-bond donors (Lipinski definition) is 1. The highest BCUT2D eigenvalue weighted by Gasteiger charge is 2.22. The molecule has 0 atom stereocenters. The fourth-order valence-corrected chi connectivity index (χ4v) is 2.78. The second kappa shape index (κ2) is 5.72. The lowest BCUT2D eigenvalue weighted by Gasteiger charge is -2.36. The third-order valence-electron chi connectivity index (χ3n) is 2.94. The van der Waals surface area contributed by atoms with E-state index in [0.29, 0.717) is 6.42 Å². The average Bonchev–Trinajstić information content (AvgIpc) is 2.32. The van der Waals surface area contributed by atoms with Gasteiger partial charge in [-0.2, -0.15) is 8.75 Å². The number of likely N-dealkylation sites (N-methyl/N-ethyl adjacent to an activating group) is 1. The van der Waals surface area contributed by atoms with E-state index in [1.807, 2.05) is 13.0 Å². The van der Waals surface area contributed by atoms with E-state index < -0.39 is 8.75 Å². The first-order valence-corrected chi connectivity index (χ1v) is 9.53. The predicted molar refractivity (Wildman–Crippen MR) is 86.6 cm³/mol. The standard InChI is InChI=1S/C15H25NO2S/c1-7-16-13-11-14(17-3)9-10-15(18-12-13)19(4,5,6)8-2/h10-12,16H,2,7,9H2,1,3-6H3. The van der Waals surface area contributed by atoms with Gasteiger partial charge in [-0.3, -0.25) is 0 Å². The minimum atomic E-state index is -2.02. The van der Waals surface area contributed by atoms with Gasteiger partial charge < -0.3 is 14.8 Å². The van der Waals surface area contributed by atoms with Crippen molar-refractivity contribution in [2.75, 3.05) is 32.4 Å². The van der Waals surface area contributed by atoms with Gasteiger partial charge in [-0.1, -0.05) is 6.58 Å². The van der Waals surface area contributed by atoms with Gasteiger partial charge in [0.2, 0.25) is 0 Å². The second-order valence-electron chi connectivity index (χ2n) is 5.46. The van der Waals surface area contributed by atoms with Crippen molar-refractivity contribution in [2.45, 2.75) is 13.3 Å². The van der Waals surface area contributed by atoms with Crippen molar-refractivity contribution in [3.05, 3.63) is 41.5 Å². The molecule has 0 bridgehead atoms. The van der Waals surface area contributed by atoms with E-state index in [1.165, 1.54) is 0 Å². The number of allylic oxidation sites excluding steroid dienone is 2. The van der Waals surface area contributed by atoms with Crippen molar-refractivity contribution in [3.8, 4) is 0 Å². The van der Waals surface area contributed by atoms with E-state index in [1.54, 1.807) is 13.4 Å². The average molecular weight is 283 g/mol. The van der Waals surface area contributed by atoms with Crippen LogP contribution in [0, 0.1) is 0 Å². The Morgan fingerprint density at radius 2 is 2.16 bits per heavy atom. The normalized spacial score (nSPS) is 18.2. The van der Waals surface area contributed by atoms with Crippen molar-refractivity contribution >= 4 is 13.8 Å². The first-order valence-electron chi connectivity index (χ1n) is 6.27. The summed E-state index contributed by atoms with van der Waals surface area (Å²) in [6, 6.07) is 0. The Morgan fingerprint density at radius 1 is 1.47 bits per heavy atom. The second-order valence-corrected chi connectivity index (χ2v) is 11.3. The van der Waals surface area contributed by atoms with Gasteiger partial charge in [0.05, 0.1) is 12.8 Å². The van der Waals surface area contributed by atoms with E-state index in [4.69, 9.17) is 9.47 Å². The molecular weight excluding hydrogens is 258 g/mol. The monoisotopic (exact) mass is 283 g/mol. The smallest absolute Gasteiger partial charge is 0.141 e. The minimum Gasteiger partial charge on any atom is -0.501 e. The topological polar surface area (TPSA) is 30.5 Å². The first kappa shape index (κ1) is 15.7. The maximum atomic E-state index is 5.88. The lowest BCUT2D eigenvalue weighted by atomic mass is 10.3. The summed E-state index contributed by atoms with van der Waals surface area (Å²) in [6.07, 6.45) is 12.9. The summed E-state index contributed by atoms with van der Waals surface area (Å²) in [4.78, 5) is 0. The maximum absolute atomic E-state index is 5.88. The molecule has 0 aromatic rings. The van der Waals surface area contributed by atoms with Crippen molar-refractivity contribution in [1.29, 1.82) is 0 Å². The van der Waals surface area contributed by atoms with Crippen LogP contribution in [0.4, 0.5) is 0 Å². The molecule has 0 aromatic carbocycles. The maximum Gasteiger partial charge on any atom is 0.141 e. The molecule has 0 unspecified atom stereocenters.